The van der Waals surface area contributed by atoms with Crippen LogP contribution < -0.4 is 0 Å². The SMILES string of the molecule is CC(C)c1sc(CC(=O)O)cc1Cl. The molecule has 0 aliphatic carbocycles. The third-order valence-electron chi connectivity index (χ3n) is 1.61. The van der Waals surface area contributed by atoms with Gasteiger partial charge in [0, 0.05) is 9.75 Å². The van der Waals surface area contributed by atoms with Gasteiger partial charge in [-0.25, -0.2) is 0 Å². The highest BCUT2D eigenvalue weighted by molar-refractivity contribution is 7.12. The van der Waals surface area contributed by atoms with Crippen molar-refractivity contribution in [2.24, 2.45) is 0 Å². The standard InChI is InChI=1S/C9H11ClO2S/c1-5(2)9-7(10)3-6(13-9)4-8(11)12/h3,5H,4H2,1-2H3,(H,11,12). The molecule has 72 valence electrons. The largest absolute Gasteiger partial charge is 0.481 e. The van der Waals surface area contributed by atoms with Crippen molar-refractivity contribution in [2.45, 2.75) is 26.2 Å². The molecule has 2 nitrogen and oxygen atoms in total. The van der Waals surface area contributed by atoms with E-state index in [2.05, 4.69) is 0 Å². The van der Waals surface area contributed by atoms with Crippen LogP contribution in [0.25, 0.3) is 0 Å². The minimum atomic E-state index is -0.812. The maximum atomic E-state index is 10.4. The number of rotatable bonds is 3. The molecule has 1 heterocycles. The summed E-state index contributed by atoms with van der Waals surface area (Å²) in [4.78, 5) is 12.3. The number of hydrogen-bond donors (Lipinski definition) is 1. The van der Waals surface area contributed by atoms with Crippen molar-refractivity contribution in [3.63, 3.8) is 0 Å². The van der Waals surface area contributed by atoms with E-state index in [4.69, 9.17) is 16.7 Å². The first-order valence-corrected chi connectivity index (χ1v) is 5.20. The summed E-state index contributed by atoms with van der Waals surface area (Å²) < 4.78 is 0. The third-order valence-corrected chi connectivity index (χ3v) is 3.47. The van der Waals surface area contributed by atoms with Gasteiger partial charge in [0.1, 0.15) is 0 Å². The third kappa shape index (κ3) is 2.71. The van der Waals surface area contributed by atoms with Crippen LogP contribution in [0.3, 0.4) is 0 Å². The topological polar surface area (TPSA) is 37.3 Å². The highest BCUT2D eigenvalue weighted by Gasteiger charge is 2.12. The number of halogens is 1. The Morgan fingerprint density at radius 1 is 1.69 bits per heavy atom. The summed E-state index contributed by atoms with van der Waals surface area (Å²) in [6.45, 7) is 4.09. The van der Waals surface area contributed by atoms with E-state index >= 15 is 0 Å². The van der Waals surface area contributed by atoms with Crippen LogP contribution in [-0.4, -0.2) is 11.1 Å². The molecule has 0 bridgehead atoms. The minimum Gasteiger partial charge on any atom is -0.481 e. The normalized spacial score (nSPS) is 10.8. The Hall–Kier alpha value is -0.540. The fourth-order valence-corrected chi connectivity index (χ4v) is 2.64. The van der Waals surface area contributed by atoms with Crippen molar-refractivity contribution in [3.8, 4) is 0 Å². The van der Waals surface area contributed by atoms with E-state index in [1.165, 1.54) is 11.3 Å². The van der Waals surface area contributed by atoms with Gasteiger partial charge in [-0.3, -0.25) is 4.79 Å². The Balaban J connectivity index is 2.88. The zero-order valence-electron chi connectivity index (χ0n) is 7.50. The lowest BCUT2D eigenvalue weighted by atomic mass is 10.2. The zero-order chi connectivity index (χ0) is 10.0. The second-order valence-corrected chi connectivity index (χ2v) is 4.73. The Kier molecular flexibility index (Phi) is 3.33. The van der Waals surface area contributed by atoms with Crippen LogP contribution in [0, 0.1) is 0 Å². The van der Waals surface area contributed by atoms with Gasteiger partial charge in [-0.1, -0.05) is 25.4 Å². The predicted octanol–water partition coefficient (Wildman–Crippen LogP) is 3.15. The van der Waals surface area contributed by atoms with Crippen molar-refractivity contribution >= 4 is 28.9 Å². The summed E-state index contributed by atoms with van der Waals surface area (Å²) in [7, 11) is 0. The molecule has 0 radical (unpaired) electrons. The van der Waals surface area contributed by atoms with Crippen LogP contribution in [-0.2, 0) is 11.2 Å². The Morgan fingerprint density at radius 2 is 2.31 bits per heavy atom. The summed E-state index contributed by atoms with van der Waals surface area (Å²) in [5.41, 5.74) is 0. The second kappa shape index (κ2) is 4.11. The highest BCUT2D eigenvalue weighted by atomic mass is 35.5. The molecule has 0 aliphatic rings. The van der Waals surface area contributed by atoms with E-state index in [0.717, 1.165) is 9.75 Å². The number of carbonyl (C=O) groups is 1. The van der Waals surface area contributed by atoms with Crippen molar-refractivity contribution in [3.05, 3.63) is 20.8 Å². The molecule has 0 aromatic carbocycles. The quantitative estimate of drug-likeness (QED) is 0.846. The van der Waals surface area contributed by atoms with Gasteiger partial charge in [0.05, 0.1) is 11.4 Å². The number of carboxylic acid groups (broad SMARTS) is 1. The molecule has 1 N–H and O–H groups in total. The second-order valence-electron chi connectivity index (χ2n) is 3.15. The predicted molar refractivity (Wildman–Crippen MR) is 54.8 cm³/mol. The summed E-state index contributed by atoms with van der Waals surface area (Å²) >= 11 is 7.42. The molecule has 0 fully saturated rings. The lowest BCUT2D eigenvalue weighted by molar-refractivity contribution is -0.136. The number of hydrogen-bond acceptors (Lipinski definition) is 2. The zero-order valence-corrected chi connectivity index (χ0v) is 9.08. The van der Waals surface area contributed by atoms with Crippen LogP contribution in [0.1, 0.15) is 29.5 Å². The van der Waals surface area contributed by atoms with Crippen molar-refractivity contribution in [2.75, 3.05) is 0 Å². The molecule has 13 heavy (non-hydrogen) atoms. The molecule has 0 atom stereocenters. The highest BCUT2D eigenvalue weighted by Crippen LogP contribution is 2.33. The summed E-state index contributed by atoms with van der Waals surface area (Å²) in [6.07, 6.45) is 0.0666. The molecule has 1 aromatic rings. The van der Waals surface area contributed by atoms with Gasteiger partial charge in [-0.2, -0.15) is 0 Å². The minimum absolute atomic E-state index is 0.0666. The smallest absolute Gasteiger partial charge is 0.308 e. The molecular formula is C9H11ClO2S. The number of carboxylic acids is 1. The molecule has 0 saturated carbocycles. The number of thiophene rings is 1. The van der Waals surface area contributed by atoms with Crippen molar-refractivity contribution in [1.82, 2.24) is 0 Å². The van der Waals surface area contributed by atoms with Crippen molar-refractivity contribution < 1.29 is 9.90 Å². The summed E-state index contributed by atoms with van der Waals surface area (Å²) in [5.74, 6) is -0.451. The maximum Gasteiger partial charge on any atom is 0.308 e. The number of aliphatic carboxylic acids is 1. The fourth-order valence-electron chi connectivity index (χ4n) is 1.06. The average Bonchev–Trinajstić information content (AvgIpc) is 2.29. The molecule has 0 spiro atoms. The van der Waals surface area contributed by atoms with E-state index < -0.39 is 5.97 Å². The molecule has 1 aromatic heterocycles. The van der Waals surface area contributed by atoms with E-state index in [9.17, 15) is 4.79 Å². The Bertz CT molecular complexity index is 317. The molecular weight excluding hydrogens is 208 g/mol. The summed E-state index contributed by atoms with van der Waals surface area (Å²) in [5, 5.41) is 9.26. The first-order valence-electron chi connectivity index (χ1n) is 4.00. The van der Waals surface area contributed by atoms with Gasteiger partial charge in [-0.05, 0) is 12.0 Å². The summed E-state index contributed by atoms with van der Waals surface area (Å²) in [6, 6.07) is 1.75. The molecule has 1 rings (SSSR count). The monoisotopic (exact) mass is 218 g/mol. The average molecular weight is 219 g/mol. The van der Waals surface area contributed by atoms with Crippen LogP contribution in [0.15, 0.2) is 6.07 Å². The van der Waals surface area contributed by atoms with E-state index in [1.54, 1.807) is 6.07 Å². The Labute approximate surface area is 86.2 Å². The lowest BCUT2D eigenvalue weighted by Crippen LogP contribution is -1.97. The van der Waals surface area contributed by atoms with E-state index in [1.807, 2.05) is 13.8 Å². The molecule has 4 heteroatoms. The molecule has 0 aliphatic heterocycles. The van der Waals surface area contributed by atoms with Gasteiger partial charge in [-0.15, -0.1) is 11.3 Å². The van der Waals surface area contributed by atoms with Gasteiger partial charge in [0.25, 0.3) is 0 Å². The van der Waals surface area contributed by atoms with E-state index in [-0.39, 0.29) is 6.42 Å². The van der Waals surface area contributed by atoms with Crippen LogP contribution in [0.2, 0.25) is 5.02 Å². The molecule has 0 unspecified atom stereocenters. The van der Waals surface area contributed by atoms with Crippen LogP contribution >= 0.6 is 22.9 Å². The Morgan fingerprint density at radius 3 is 2.69 bits per heavy atom. The van der Waals surface area contributed by atoms with Gasteiger partial charge in [0.15, 0.2) is 0 Å². The lowest BCUT2D eigenvalue weighted by Gasteiger charge is -1.99. The van der Waals surface area contributed by atoms with Gasteiger partial charge in [0.2, 0.25) is 0 Å². The van der Waals surface area contributed by atoms with Gasteiger partial charge < -0.3 is 5.11 Å². The molecule has 0 saturated heterocycles. The molecule has 0 amide bonds. The van der Waals surface area contributed by atoms with Crippen LogP contribution in [0.4, 0.5) is 0 Å². The first kappa shape index (κ1) is 10.5. The van der Waals surface area contributed by atoms with Crippen LogP contribution in [0.5, 0.6) is 0 Å². The van der Waals surface area contributed by atoms with Crippen molar-refractivity contribution in [1.29, 1.82) is 0 Å². The fraction of sp³-hybridized carbons (Fsp3) is 0.444. The van der Waals surface area contributed by atoms with Gasteiger partial charge >= 0.3 is 5.97 Å². The first-order chi connectivity index (χ1) is 6.00. The maximum absolute atomic E-state index is 10.4. The van der Waals surface area contributed by atoms with E-state index in [0.29, 0.717) is 10.9 Å².